The fraction of sp³-hybridized carbons (Fsp3) is 0.308. The summed E-state index contributed by atoms with van der Waals surface area (Å²) in [5.74, 6) is -1.71. The van der Waals surface area contributed by atoms with Crippen molar-refractivity contribution < 1.29 is 40.6 Å². The number of phenolic OH excluding ortho intramolecular Hbond substituents is 1. The van der Waals surface area contributed by atoms with E-state index in [0.29, 0.717) is 19.3 Å². The lowest BCUT2D eigenvalue weighted by atomic mass is 10.1. The molecule has 0 radical (unpaired) electrons. The highest BCUT2D eigenvalue weighted by atomic mass is 32.2. The van der Waals surface area contributed by atoms with Gasteiger partial charge in [-0.25, -0.2) is 0 Å². The van der Waals surface area contributed by atoms with Crippen LogP contribution in [0.4, 0.5) is 17.1 Å². The highest BCUT2D eigenvalue weighted by molar-refractivity contribution is 7.86. The number of benzene rings is 3. The molecule has 0 aromatic heterocycles. The maximum atomic E-state index is 12.3. The summed E-state index contributed by atoms with van der Waals surface area (Å²) in [7, 11) is -10.0. The molecule has 3 rings (SSSR count). The number of aromatic hydroxyl groups is 1. The molecule has 15 heteroatoms. The molecule has 0 aliphatic rings. The molecule has 0 saturated heterocycles. The monoisotopic (exact) mass is 606 g/mol. The van der Waals surface area contributed by atoms with Crippen molar-refractivity contribution in [1.29, 1.82) is 0 Å². The van der Waals surface area contributed by atoms with E-state index < -0.39 is 52.8 Å². The zero-order valence-corrected chi connectivity index (χ0v) is 23.7. The Hall–Kier alpha value is -3.92. The van der Waals surface area contributed by atoms with Crippen LogP contribution in [-0.4, -0.2) is 42.9 Å². The maximum Gasteiger partial charge on any atom is 0.296 e. The third-order valence-electron chi connectivity index (χ3n) is 6.07. The second-order valence-corrected chi connectivity index (χ2v) is 12.0. The number of azo groups is 1. The second-order valence-electron chi connectivity index (χ2n) is 9.25. The first-order valence-corrected chi connectivity index (χ1v) is 15.5. The van der Waals surface area contributed by atoms with Crippen molar-refractivity contribution in [3.05, 3.63) is 48.0 Å². The summed E-state index contributed by atoms with van der Waals surface area (Å²) >= 11 is 0. The van der Waals surface area contributed by atoms with E-state index in [1.165, 1.54) is 0 Å². The molecular formula is C26H30N4O9S2. The minimum absolute atomic E-state index is 0.0816. The third-order valence-corrected chi connectivity index (χ3v) is 7.85. The molecule has 0 fully saturated rings. The van der Waals surface area contributed by atoms with E-state index in [1.807, 2.05) is 0 Å². The van der Waals surface area contributed by atoms with Gasteiger partial charge in [0.15, 0.2) is 5.75 Å². The van der Waals surface area contributed by atoms with E-state index in [-0.39, 0.29) is 29.1 Å². The third kappa shape index (κ3) is 8.29. The summed E-state index contributed by atoms with van der Waals surface area (Å²) in [5, 5.41) is 20.6. The molecule has 220 valence electrons. The number of phenols is 1. The predicted octanol–water partition coefficient (Wildman–Crippen LogP) is 4.78. The number of rotatable bonds is 13. The number of fused-ring (bicyclic) bond motifs is 1. The van der Waals surface area contributed by atoms with Crippen LogP contribution in [0.2, 0.25) is 0 Å². The molecule has 0 aliphatic carbocycles. The molecule has 0 atom stereocenters. The summed E-state index contributed by atoms with van der Waals surface area (Å²) in [6.45, 7) is 1.76. The number of carbonyl (C=O) groups excluding carboxylic acids is 2. The highest BCUT2D eigenvalue weighted by Gasteiger charge is 2.27. The molecule has 3 aromatic carbocycles. The average Bonchev–Trinajstić information content (AvgIpc) is 2.87. The van der Waals surface area contributed by atoms with E-state index >= 15 is 0 Å². The van der Waals surface area contributed by atoms with Gasteiger partial charge in [-0.1, -0.05) is 25.5 Å². The second kappa shape index (κ2) is 13.2. The molecule has 0 saturated carbocycles. The molecule has 6 N–H and O–H groups in total. The molecule has 41 heavy (non-hydrogen) atoms. The normalized spacial score (nSPS) is 12.2. The number of nitrogens with two attached hydrogens (primary N) is 1. The summed E-state index contributed by atoms with van der Waals surface area (Å²) in [6, 6.07) is 9.50. The van der Waals surface area contributed by atoms with Crippen LogP contribution in [0.3, 0.4) is 0 Å². The number of carbonyl (C=O) groups is 2. The number of nitrogens with one attached hydrogen (secondary N) is 1. The van der Waals surface area contributed by atoms with E-state index in [1.54, 1.807) is 31.2 Å². The number of aryl methyl sites for hydroxylation is 1. The predicted molar refractivity (Wildman–Crippen MR) is 151 cm³/mol. The van der Waals surface area contributed by atoms with Gasteiger partial charge in [0.25, 0.3) is 20.2 Å². The summed E-state index contributed by atoms with van der Waals surface area (Å²) in [4.78, 5) is 21.3. The van der Waals surface area contributed by atoms with E-state index in [9.17, 15) is 40.6 Å². The number of hydrogen-bond donors (Lipinski definition) is 5. The smallest absolute Gasteiger partial charge is 0.296 e. The molecule has 0 heterocycles. The van der Waals surface area contributed by atoms with Gasteiger partial charge < -0.3 is 16.2 Å². The molecule has 13 nitrogen and oxygen atoms in total. The number of anilines is 1. The van der Waals surface area contributed by atoms with Gasteiger partial charge in [0.05, 0.1) is 16.8 Å². The Bertz CT molecular complexity index is 1700. The SMILES string of the molecule is CCCC(=O)Nc1ccc(S(=O)(=O)O)c2cc(S(=O)(=O)O)c(N=Nc3ccc(CCCCCC(N)=O)cc3)c(O)c12. The lowest BCUT2D eigenvalue weighted by Gasteiger charge is -2.15. The highest BCUT2D eigenvalue weighted by Crippen LogP contribution is 2.46. The number of amides is 2. The Kier molecular flexibility index (Phi) is 10.1. The van der Waals surface area contributed by atoms with Gasteiger partial charge in [0.1, 0.15) is 15.5 Å². The van der Waals surface area contributed by atoms with Crippen LogP contribution in [0.25, 0.3) is 10.8 Å². The minimum atomic E-state index is -5.09. The van der Waals surface area contributed by atoms with Crippen molar-refractivity contribution >= 4 is 59.9 Å². The van der Waals surface area contributed by atoms with Gasteiger partial charge in [-0.2, -0.15) is 21.9 Å². The van der Waals surface area contributed by atoms with Crippen LogP contribution >= 0.6 is 0 Å². The van der Waals surface area contributed by atoms with Crippen molar-refractivity contribution in [2.75, 3.05) is 5.32 Å². The Morgan fingerprint density at radius 3 is 2.12 bits per heavy atom. The zero-order chi connectivity index (χ0) is 30.4. The number of hydrogen-bond acceptors (Lipinski definition) is 9. The first-order chi connectivity index (χ1) is 19.2. The zero-order valence-electron chi connectivity index (χ0n) is 22.1. The van der Waals surface area contributed by atoms with Crippen LogP contribution < -0.4 is 11.1 Å². The Morgan fingerprint density at radius 2 is 1.54 bits per heavy atom. The van der Waals surface area contributed by atoms with Gasteiger partial charge in [-0.15, -0.1) is 5.11 Å². The first-order valence-electron chi connectivity index (χ1n) is 12.6. The van der Waals surface area contributed by atoms with Crippen LogP contribution in [0.1, 0.15) is 51.0 Å². The Balaban J connectivity index is 2.06. The lowest BCUT2D eigenvalue weighted by Crippen LogP contribution is -2.12. The fourth-order valence-corrected chi connectivity index (χ4v) is 5.47. The average molecular weight is 607 g/mol. The molecular weight excluding hydrogens is 576 g/mol. The van der Waals surface area contributed by atoms with Gasteiger partial charge in [-0.3, -0.25) is 18.7 Å². The van der Waals surface area contributed by atoms with Crippen molar-refractivity contribution in [2.24, 2.45) is 16.0 Å². The molecule has 0 bridgehead atoms. The van der Waals surface area contributed by atoms with Crippen LogP contribution in [-0.2, 0) is 36.2 Å². The number of primary amides is 1. The number of unbranched alkanes of at least 4 members (excludes halogenated alkanes) is 2. The van der Waals surface area contributed by atoms with Crippen LogP contribution in [0.5, 0.6) is 5.75 Å². The van der Waals surface area contributed by atoms with E-state index in [0.717, 1.165) is 43.0 Å². The van der Waals surface area contributed by atoms with Gasteiger partial charge in [0.2, 0.25) is 11.8 Å². The van der Waals surface area contributed by atoms with Crippen LogP contribution in [0, 0.1) is 0 Å². The molecule has 0 unspecified atom stereocenters. The topological polar surface area (TPSA) is 226 Å². The van der Waals surface area contributed by atoms with E-state index in [4.69, 9.17) is 5.73 Å². The van der Waals surface area contributed by atoms with Gasteiger partial charge in [0, 0.05) is 18.2 Å². The Labute approximate surface area is 237 Å². The van der Waals surface area contributed by atoms with Crippen molar-refractivity contribution in [1.82, 2.24) is 0 Å². The van der Waals surface area contributed by atoms with E-state index in [2.05, 4.69) is 15.5 Å². The van der Waals surface area contributed by atoms with Crippen molar-refractivity contribution in [2.45, 2.75) is 61.7 Å². The molecule has 0 spiro atoms. The fourth-order valence-electron chi connectivity index (χ4n) is 4.14. The summed E-state index contributed by atoms with van der Waals surface area (Å²) < 4.78 is 68.1. The van der Waals surface area contributed by atoms with Crippen LogP contribution in [0.15, 0.2) is 62.5 Å². The molecule has 0 aliphatic heterocycles. The van der Waals surface area contributed by atoms with Crippen molar-refractivity contribution in [3.8, 4) is 5.75 Å². The summed E-state index contributed by atoms with van der Waals surface area (Å²) in [6.07, 6.45) is 4.00. The van der Waals surface area contributed by atoms with Gasteiger partial charge >= 0.3 is 0 Å². The largest absolute Gasteiger partial charge is 0.505 e. The molecule has 2 amide bonds. The minimum Gasteiger partial charge on any atom is -0.505 e. The maximum absolute atomic E-state index is 12.3. The quantitative estimate of drug-likeness (QED) is 0.102. The standard InChI is InChI=1S/C26H30N4O9S2/c1-2-6-23(32)28-19-13-14-20(40(34,35)36)18-15-21(41(37,38)39)25(26(33)24(18)19)30-29-17-11-9-16(10-12-17)7-4-3-5-8-22(27)31/h9-15,33H,2-8H2,1H3,(H2,27,31)(H,28,32)(H,34,35,36)(H,37,38,39). The van der Waals surface area contributed by atoms with Gasteiger partial charge in [-0.05, 0) is 61.6 Å². The number of nitrogens with zero attached hydrogens (tertiary/aromatic N) is 2. The lowest BCUT2D eigenvalue weighted by molar-refractivity contribution is -0.118. The Morgan fingerprint density at radius 1 is 0.878 bits per heavy atom. The molecule has 3 aromatic rings. The first kappa shape index (κ1) is 31.6. The van der Waals surface area contributed by atoms with Crippen molar-refractivity contribution in [3.63, 3.8) is 0 Å². The summed E-state index contributed by atoms with van der Waals surface area (Å²) in [5.41, 5.74) is 5.58.